The fourth-order valence-electron chi connectivity index (χ4n) is 8.25. The van der Waals surface area contributed by atoms with Crippen molar-refractivity contribution in [3.8, 4) is 34.5 Å². The van der Waals surface area contributed by atoms with E-state index in [4.69, 9.17) is 45.8 Å². The number of carbonyl (C=O) groups excluding carboxylic acids is 2. The summed E-state index contributed by atoms with van der Waals surface area (Å²) in [6.45, 7) is 14.6. The Bertz CT molecular complexity index is 2580. The molecule has 2 heterocycles. The molecule has 15 heteroatoms. The van der Waals surface area contributed by atoms with Crippen molar-refractivity contribution in [1.82, 2.24) is 20.0 Å². The highest BCUT2D eigenvalue weighted by Crippen LogP contribution is 2.40. The minimum absolute atomic E-state index is 0.123. The van der Waals surface area contributed by atoms with Crippen LogP contribution in [-0.4, -0.2) is 138 Å². The summed E-state index contributed by atoms with van der Waals surface area (Å²) >= 11 is 5.50. The third-order valence-corrected chi connectivity index (χ3v) is 12.8. The second-order valence-corrected chi connectivity index (χ2v) is 18.1. The van der Waals surface area contributed by atoms with E-state index in [1.54, 1.807) is 26.4 Å². The Morgan fingerprint density at radius 1 is 0.589 bits per heavy atom. The predicted octanol–water partition coefficient (Wildman–Crippen LogP) is 8.38. The van der Waals surface area contributed by atoms with Crippen LogP contribution in [0.25, 0.3) is 0 Å². The number of halogens is 1. The standard InChI is InChI=1S/C29H35N3O4.C16H15ClO4.C13H20N3/c1-31-14-16-32(17-15-31)20-25(23-12-8-5-9-13-23)30-29(33)24-18-26(34-2)28(27(19-24)35-3)36-21-22-10-6-4-7-11-22;1-19-13-8-12(16(17)18)9-14(20-2)15(13)21-10-11-6-4-3-5-7-11;1-15-7-9-16(10-8-15)11-13(14)12-5-3-2-4-6-12/h4-13,18-19,25H,14-17,20-21H2,1-3H3,(H,30,33);3-9H,10H2,1-2H3;2-6,13H,1,7-11,14H2/q;;+1. The highest BCUT2D eigenvalue weighted by molar-refractivity contribution is 6.67. The molecule has 3 N–H and O–H groups in total. The number of amides is 1. The first kappa shape index (κ1) is 55.4. The van der Waals surface area contributed by atoms with Crippen LogP contribution in [0.1, 0.15) is 55.1 Å². The third kappa shape index (κ3) is 17.1. The lowest BCUT2D eigenvalue weighted by atomic mass is 10.0. The highest BCUT2D eigenvalue weighted by atomic mass is 35.5. The summed E-state index contributed by atoms with van der Waals surface area (Å²) in [7, 11) is 8.25. The van der Waals surface area contributed by atoms with Gasteiger partial charge in [-0.15, -0.1) is 0 Å². The molecular formula is C58H70ClN6O8+. The molecule has 6 aromatic carbocycles. The Kier molecular flexibility index (Phi) is 21.9. The van der Waals surface area contributed by atoms with E-state index in [0.717, 1.165) is 82.1 Å². The minimum atomic E-state index is -0.582. The molecule has 0 aromatic heterocycles. The van der Waals surface area contributed by atoms with Gasteiger partial charge in [-0.05, 0) is 65.2 Å². The zero-order chi connectivity index (χ0) is 52.0. The van der Waals surface area contributed by atoms with Crippen LogP contribution in [0.15, 0.2) is 146 Å². The molecule has 0 radical (unpaired) electrons. The van der Waals surface area contributed by atoms with Crippen LogP contribution in [0.5, 0.6) is 34.5 Å². The first-order valence-corrected chi connectivity index (χ1v) is 24.8. The van der Waals surface area contributed by atoms with Gasteiger partial charge in [-0.25, -0.2) is 4.58 Å². The zero-order valence-electron chi connectivity index (χ0n) is 42.7. The lowest BCUT2D eigenvalue weighted by molar-refractivity contribution is -0.531. The number of benzene rings is 6. The van der Waals surface area contributed by atoms with Gasteiger partial charge in [0.2, 0.25) is 11.5 Å². The number of piperazine rings is 2. The molecular weight excluding hydrogens is 944 g/mol. The van der Waals surface area contributed by atoms with Crippen molar-refractivity contribution in [1.29, 1.82) is 0 Å². The largest absolute Gasteiger partial charge is 0.493 e. The number of nitrogens with one attached hydrogen (secondary N) is 1. The monoisotopic (exact) mass is 1010 g/mol. The van der Waals surface area contributed by atoms with Gasteiger partial charge in [0, 0.05) is 56.4 Å². The van der Waals surface area contributed by atoms with Gasteiger partial charge in [-0.2, -0.15) is 0 Å². The number of likely N-dealkylation sites (N-methyl/N-ethyl adjacent to an activating group) is 1. The average molecular weight is 1010 g/mol. The van der Waals surface area contributed by atoms with Crippen LogP contribution in [0.4, 0.5) is 0 Å². The van der Waals surface area contributed by atoms with E-state index in [-0.39, 0.29) is 23.6 Å². The van der Waals surface area contributed by atoms with Crippen molar-refractivity contribution in [2.75, 3.05) is 101 Å². The number of nitrogens with two attached hydrogens (primary N) is 1. The first-order chi connectivity index (χ1) is 35.5. The molecule has 0 spiro atoms. The molecule has 2 atom stereocenters. The number of ether oxygens (including phenoxy) is 6. The lowest BCUT2D eigenvalue weighted by Crippen LogP contribution is -2.47. The second-order valence-electron chi connectivity index (χ2n) is 17.7. The van der Waals surface area contributed by atoms with E-state index in [2.05, 4.69) is 62.6 Å². The van der Waals surface area contributed by atoms with E-state index >= 15 is 0 Å². The maximum atomic E-state index is 13.5. The average Bonchev–Trinajstić information content (AvgIpc) is 3.43. The van der Waals surface area contributed by atoms with Crippen molar-refractivity contribution < 1.29 is 42.6 Å². The first-order valence-electron chi connectivity index (χ1n) is 24.4. The molecule has 0 bridgehead atoms. The van der Waals surface area contributed by atoms with Gasteiger partial charge in [-0.1, -0.05) is 121 Å². The summed E-state index contributed by atoms with van der Waals surface area (Å²) < 4.78 is 35.6. The maximum Gasteiger partial charge on any atom is 0.252 e. The number of nitrogens with zero attached hydrogens (tertiary/aromatic N) is 4. The molecule has 6 aromatic rings. The SMILES string of the molecule is C=[N+]1CCN(CC(N)c2ccccc2)CC1.COc1cc(C(=O)Cl)cc(OC)c1OCc1ccccc1.COc1cc(C(=O)NC(CN2CCN(C)CC2)c2ccccc2)cc(OC)c1OCc1ccccc1. The molecule has 2 saturated heterocycles. The Morgan fingerprint density at radius 3 is 1.41 bits per heavy atom. The number of methoxy groups -OCH3 is 4. The maximum absolute atomic E-state index is 13.5. The molecule has 0 saturated carbocycles. The topological polar surface area (TPSA) is 140 Å². The second kappa shape index (κ2) is 28.9. The van der Waals surface area contributed by atoms with Gasteiger partial charge in [0.25, 0.3) is 11.1 Å². The van der Waals surface area contributed by atoms with E-state index in [9.17, 15) is 9.59 Å². The van der Waals surface area contributed by atoms with Gasteiger partial charge < -0.3 is 44.4 Å². The smallest absolute Gasteiger partial charge is 0.252 e. The van der Waals surface area contributed by atoms with Crippen LogP contribution in [0, 0.1) is 0 Å². The van der Waals surface area contributed by atoms with Crippen LogP contribution in [0.3, 0.4) is 0 Å². The van der Waals surface area contributed by atoms with E-state index in [1.165, 1.54) is 31.9 Å². The van der Waals surface area contributed by atoms with Gasteiger partial charge in [0.1, 0.15) is 19.9 Å². The van der Waals surface area contributed by atoms with Crippen LogP contribution < -0.4 is 39.5 Å². The fourth-order valence-corrected chi connectivity index (χ4v) is 8.36. The Morgan fingerprint density at radius 2 is 0.986 bits per heavy atom. The molecule has 0 aliphatic carbocycles. The zero-order valence-corrected chi connectivity index (χ0v) is 43.5. The predicted molar refractivity (Wildman–Crippen MR) is 288 cm³/mol. The van der Waals surface area contributed by atoms with E-state index in [0.29, 0.717) is 53.3 Å². The summed E-state index contributed by atoms with van der Waals surface area (Å²) in [6.07, 6.45) is 0. The Balaban J connectivity index is 0.000000198. The molecule has 2 aliphatic rings. The van der Waals surface area contributed by atoms with Gasteiger partial charge >= 0.3 is 0 Å². The van der Waals surface area contributed by atoms with Crippen molar-refractivity contribution in [2.24, 2.45) is 5.73 Å². The van der Waals surface area contributed by atoms with Crippen molar-refractivity contribution in [3.05, 3.63) is 179 Å². The molecule has 2 fully saturated rings. The summed E-state index contributed by atoms with van der Waals surface area (Å²) in [6, 6.07) is 46.4. The van der Waals surface area contributed by atoms with Gasteiger partial charge in [0.15, 0.2) is 36.1 Å². The molecule has 2 unspecified atom stereocenters. The van der Waals surface area contributed by atoms with Crippen LogP contribution in [0.2, 0.25) is 0 Å². The quantitative estimate of drug-likeness (QED) is 0.0595. The number of hydrogen-bond donors (Lipinski definition) is 2. The van der Waals surface area contributed by atoms with Crippen LogP contribution in [-0.2, 0) is 13.2 Å². The Hall–Kier alpha value is -6.94. The minimum Gasteiger partial charge on any atom is -0.493 e. The van der Waals surface area contributed by atoms with E-state index < -0.39 is 5.24 Å². The number of hydrogen-bond acceptors (Lipinski definition) is 12. The van der Waals surface area contributed by atoms with Crippen molar-refractivity contribution >= 4 is 29.5 Å². The lowest BCUT2D eigenvalue weighted by Gasteiger charge is -2.35. The summed E-state index contributed by atoms with van der Waals surface area (Å²) in [5, 5.41) is 2.66. The normalized spacial score (nSPS) is 14.7. The molecule has 386 valence electrons. The summed E-state index contributed by atoms with van der Waals surface area (Å²) in [5.41, 5.74) is 11.3. The molecule has 2 aliphatic heterocycles. The number of rotatable bonds is 19. The van der Waals surface area contributed by atoms with Crippen molar-refractivity contribution in [3.63, 3.8) is 0 Å². The Labute approximate surface area is 435 Å². The summed E-state index contributed by atoms with van der Waals surface area (Å²) in [5.74, 6) is 2.41. The molecule has 14 nitrogen and oxygen atoms in total. The van der Waals surface area contributed by atoms with Gasteiger partial charge in [-0.3, -0.25) is 19.4 Å². The fraction of sp³-hybridized carbons (Fsp3) is 0.328. The molecule has 73 heavy (non-hydrogen) atoms. The van der Waals surface area contributed by atoms with Crippen molar-refractivity contribution in [2.45, 2.75) is 25.3 Å². The molecule has 8 rings (SSSR count). The number of carbonyl (C=O) groups is 2. The van der Waals surface area contributed by atoms with Crippen LogP contribution >= 0.6 is 11.6 Å². The van der Waals surface area contributed by atoms with Gasteiger partial charge in [0.05, 0.1) is 47.6 Å². The summed E-state index contributed by atoms with van der Waals surface area (Å²) in [4.78, 5) is 31.9. The third-order valence-electron chi connectivity index (χ3n) is 12.6. The van der Waals surface area contributed by atoms with E-state index in [1.807, 2.05) is 97.1 Å². The molecule has 1 amide bonds. The highest BCUT2D eigenvalue weighted by Gasteiger charge is 2.25.